The summed E-state index contributed by atoms with van der Waals surface area (Å²) in [6.45, 7) is 1.80. The molecule has 0 aliphatic heterocycles. The van der Waals surface area contributed by atoms with Gasteiger partial charge in [0.05, 0.1) is 13.3 Å². The Balaban J connectivity index is 2.85. The van der Waals surface area contributed by atoms with Crippen molar-refractivity contribution in [2.45, 2.75) is 19.4 Å². The zero-order chi connectivity index (χ0) is 10.4. The predicted molar refractivity (Wildman–Crippen MR) is 55.8 cm³/mol. The summed E-state index contributed by atoms with van der Waals surface area (Å²) in [7, 11) is 1.61. The van der Waals surface area contributed by atoms with Crippen LogP contribution in [0.3, 0.4) is 0 Å². The molecule has 1 unspecified atom stereocenters. The van der Waals surface area contributed by atoms with Gasteiger partial charge in [0, 0.05) is 24.2 Å². The molecule has 1 atom stereocenters. The SMILES string of the molecule is CC#CCC(N)c1ccncc1OC. The number of pyridine rings is 1. The Kier molecular flexibility index (Phi) is 3.96. The summed E-state index contributed by atoms with van der Waals surface area (Å²) in [6.07, 6.45) is 4.00. The van der Waals surface area contributed by atoms with Gasteiger partial charge < -0.3 is 10.5 Å². The molecule has 2 N–H and O–H groups in total. The first-order chi connectivity index (χ1) is 6.79. The molecule has 0 amide bonds. The highest BCUT2D eigenvalue weighted by molar-refractivity contribution is 5.33. The van der Waals surface area contributed by atoms with E-state index in [9.17, 15) is 0 Å². The standard InChI is InChI=1S/C11H14N2O/c1-3-4-5-10(12)9-6-7-13-8-11(9)14-2/h6-8,10H,5,12H2,1-2H3. The van der Waals surface area contributed by atoms with Crippen molar-refractivity contribution in [2.75, 3.05) is 7.11 Å². The van der Waals surface area contributed by atoms with Crippen LogP contribution < -0.4 is 10.5 Å². The number of methoxy groups -OCH3 is 1. The molecular formula is C11H14N2O. The summed E-state index contributed by atoms with van der Waals surface area (Å²) in [4.78, 5) is 3.96. The Morgan fingerprint density at radius 2 is 2.43 bits per heavy atom. The normalized spacial score (nSPS) is 11.4. The number of nitrogens with zero attached hydrogens (tertiary/aromatic N) is 1. The molecular weight excluding hydrogens is 176 g/mol. The quantitative estimate of drug-likeness (QED) is 0.735. The maximum atomic E-state index is 5.95. The van der Waals surface area contributed by atoms with Crippen molar-refractivity contribution in [1.82, 2.24) is 4.98 Å². The predicted octanol–water partition coefficient (Wildman–Crippen LogP) is 1.50. The van der Waals surface area contributed by atoms with E-state index in [1.165, 1.54) is 0 Å². The van der Waals surface area contributed by atoms with E-state index in [0.717, 1.165) is 11.3 Å². The van der Waals surface area contributed by atoms with Crippen molar-refractivity contribution in [2.24, 2.45) is 5.73 Å². The maximum Gasteiger partial charge on any atom is 0.141 e. The zero-order valence-corrected chi connectivity index (χ0v) is 8.45. The van der Waals surface area contributed by atoms with Gasteiger partial charge in [-0.05, 0) is 13.0 Å². The third-order valence-electron chi connectivity index (χ3n) is 1.93. The molecule has 0 aliphatic carbocycles. The Morgan fingerprint density at radius 1 is 1.64 bits per heavy atom. The Bertz CT molecular complexity index is 352. The van der Waals surface area contributed by atoms with Crippen LogP contribution in [0, 0.1) is 11.8 Å². The van der Waals surface area contributed by atoms with E-state index in [-0.39, 0.29) is 6.04 Å². The fraction of sp³-hybridized carbons (Fsp3) is 0.364. The molecule has 74 valence electrons. The van der Waals surface area contributed by atoms with Crippen LogP contribution in [0.5, 0.6) is 5.75 Å². The first-order valence-corrected chi connectivity index (χ1v) is 4.42. The molecule has 0 aromatic carbocycles. The summed E-state index contributed by atoms with van der Waals surface area (Å²) in [5.74, 6) is 6.49. The zero-order valence-electron chi connectivity index (χ0n) is 8.45. The second kappa shape index (κ2) is 5.25. The van der Waals surface area contributed by atoms with Gasteiger partial charge in [0.15, 0.2) is 0 Å². The van der Waals surface area contributed by atoms with Crippen LogP contribution in [-0.4, -0.2) is 12.1 Å². The maximum absolute atomic E-state index is 5.95. The topological polar surface area (TPSA) is 48.1 Å². The van der Waals surface area contributed by atoms with Crippen molar-refractivity contribution < 1.29 is 4.74 Å². The number of aromatic nitrogens is 1. The molecule has 3 nitrogen and oxygen atoms in total. The molecule has 3 heteroatoms. The van der Waals surface area contributed by atoms with E-state index in [4.69, 9.17) is 10.5 Å². The second-order valence-electron chi connectivity index (χ2n) is 2.86. The van der Waals surface area contributed by atoms with Gasteiger partial charge >= 0.3 is 0 Å². The summed E-state index contributed by atoms with van der Waals surface area (Å²) < 4.78 is 5.16. The van der Waals surface area contributed by atoms with Crippen molar-refractivity contribution in [1.29, 1.82) is 0 Å². The molecule has 0 bridgehead atoms. The minimum atomic E-state index is -0.111. The van der Waals surface area contributed by atoms with Crippen LogP contribution in [0.15, 0.2) is 18.5 Å². The Hall–Kier alpha value is -1.53. The van der Waals surface area contributed by atoms with Gasteiger partial charge in [-0.3, -0.25) is 4.98 Å². The fourth-order valence-corrected chi connectivity index (χ4v) is 1.19. The largest absolute Gasteiger partial charge is 0.495 e. The van der Waals surface area contributed by atoms with E-state index in [1.54, 1.807) is 26.4 Å². The molecule has 1 heterocycles. The van der Waals surface area contributed by atoms with Gasteiger partial charge in [-0.1, -0.05) is 0 Å². The lowest BCUT2D eigenvalue weighted by molar-refractivity contribution is 0.404. The molecule has 0 saturated heterocycles. The molecule has 0 spiro atoms. The van der Waals surface area contributed by atoms with Crippen LogP contribution in [0.2, 0.25) is 0 Å². The third kappa shape index (κ3) is 2.48. The second-order valence-corrected chi connectivity index (χ2v) is 2.86. The highest BCUT2D eigenvalue weighted by Crippen LogP contribution is 2.23. The lowest BCUT2D eigenvalue weighted by Gasteiger charge is -2.12. The summed E-state index contributed by atoms with van der Waals surface area (Å²) in [5, 5.41) is 0. The van der Waals surface area contributed by atoms with E-state index in [0.29, 0.717) is 6.42 Å². The third-order valence-corrected chi connectivity index (χ3v) is 1.93. The van der Waals surface area contributed by atoms with Crippen molar-refractivity contribution >= 4 is 0 Å². The van der Waals surface area contributed by atoms with Crippen molar-refractivity contribution in [3.05, 3.63) is 24.0 Å². The molecule has 1 aromatic heterocycles. The molecule has 14 heavy (non-hydrogen) atoms. The Labute approximate surface area is 84.3 Å². The van der Waals surface area contributed by atoms with E-state index in [2.05, 4.69) is 16.8 Å². The van der Waals surface area contributed by atoms with Gasteiger partial charge in [0.1, 0.15) is 5.75 Å². The molecule has 0 aliphatic rings. The fourth-order valence-electron chi connectivity index (χ4n) is 1.19. The highest BCUT2D eigenvalue weighted by atomic mass is 16.5. The molecule has 1 rings (SSSR count). The van der Waals surface area contributed by atoms with Gasteiger partial charge in [0.25, 0.3) is 0 Å². The minimum Gasteiger partial charge on any atom is -0.495 e. The van der Waals surface area contributed by atoms with Crippen molar-refractivity contribution in [3.8, 4) is 17.6 Å². The van der Waals surface area contributed by atoms with E-state index in [1.807, 2.05) is 6.07 Å². The molecule has 0 fully saturated rings. The lowest BCUT2D eigenvalue weighted by Crippen LogP contribution is -2.10. The number of nitrogens with two attached hydrogens (primary N) is 1. The Morgan fingerprint density at radius 3 is 3.07 bits per heavy atom. The summed E-state index contributed by atoms with van der Waals surface area (Å²) >= 11 is 0. The average molecular weight is 190 g/mol. The van der Waals surface area contributed by atoms with Crippen LogP contribution in [0.25, 0.3) is 0 Å². The van der Waals surface area contributed by atoms with Gasteiger partial charge in [0.2, 0.25) is 0 Å². The minimum absolute atomic E-state index is 0.111. The summed E-state index contributed by atoms with van der Waals surface area (Å²) in [5.41, 5.74) is 6.90. The molecule has 1 aromatic rings. The first-order valence-electron chi connectivity index (χ1n) is 4.42. The van der Waals surface area contributed by atoms with Crippen LogP contribution >= 0.6 is 0 Å². The summed E-state index contributed by atoms with van der Waals surface area (Å²) in [6, 6.07) is 1.75. The van der Waals surface area contributed by atoms with Crippen LogP contribution in [0.4, 0.5) is 0 Å². The number of ether oxygens (including phenoxy) is 1. The highest BCUT2D eigenvalue weighted by Gasteiger charge is 2.09. The number of rotatable bonds is 3. The van der Waals surface area contributed by atoms with Gasteiger partial charge in [-0.25, -0.2) is 0 Å². The first kappa shape index (κ1) is 10.6. The molecule has 0 saturated carbocycles. The average Bonchev–Trinajstić information content (AvgIpc) is 2.25. The van der Waals surface area contributed by atoms with Gasteiger partial charge in [-0.15, -0.1) is 11.8 Å². The van der Waals surface area contributed by atoms with E-state index >= 15 is 0 Å². The molecule has 0 radical (unpaired) electrons. The van der Waals surface area contributed by atoms with Gasteiger partial charge in [-0.2, -0.15) is 0 Å². The smallest absolute Gasteiger partial charge is 0.141 e. The number of hydrogen-bond donors (Lipinski definition) is 1. The monoisotopic (exact) mass is 190 g/mol. The lowest BCUT2D eigenvalue weighted by atomic mass is 10.1. The van der Waals surface area contributed by atoms with E-state index < -0.39 is 0 Å². The van der Waals surface area contributed by atoms with Crippen LogP contribution in [0.1, 0.15) is 24.9 Å². The van der Waals surface area contributed by atoms with Crippen molar-refractivity contribution in [3.63, 3.8) is 0 Å². The number of hydrogen-bond acceptors (Lipinski definition) is 3. The van der Waals surface area contributed by atoms with Crippen LogP contribution in [-0.2, 0) is 0 Å².